The zero-order valence-corrected chi connectivity index (χ0v) is 10.7. The van der Waals surface area contributed by atoms with Crippen LogP contribution in [0.5, 0.6) is 0 Å². The summed E-state index contributed by atoms with van der Waals surface area (Å²) in [6.07, 6.45) is 0.0296. The molecule has 0 aliphatic rings. The molecule has 1 aromatic rings. The molecule has 0 aliphatic carbocycles. The lowest BCUT2D eigenvalue weighted by atomic mass is 9.99. The van der Waals surface area contributed by atoms with Crippen LogP contribution in [0.1, 0.15) is 25.8 Å². The van der Waals surface area contributed by atoms with Gasteiger partial charge in [0.05, 0.1) is 0 Å². The molecule has 98 valence electrons. The van der Waals surface area contributed by atoms with E-state index in [1.165, 1.54) is 4.90 Å². The van der Waals surface area contributed by atoms with E-state index in [1.54, 1.807) is 0 Å². The number of aldehydes is 1. The molecule has 0 aromatic heterocycles. The lowest BCUT2D eigenvalue weighted by molar-refractivity contribution is -0.109. The van der Waals surface area contributed by atoms with Crippen molar-refractivity contribution < 1.29 is 14.7 Å². The first-order chi connectivity index (χ1) is 8.56. The molecule has 0 heterocycles. The van der Waals surface area contributed by atoms with Crippen LogP contribution in [0, 0.1) is 5.92 Å². The first-order valence-corrected chi connectivity index (χ1v) is 6.03. The molecular weight excluding hydrogens is 230 g/mol. The Bertz CT molecular complexity index is 389. The van der Waals surface area contributed by atoms with Crippen molar-refractivity contribution in [2.75, 3.05) is 0 Å². The fraction of sp³-hybridized carbons (Fsp3) is 0.429. The van der Waals surface area contributed by atoms with Gasteiger partial charge in [0.25, 0.3) is 0 Å². The van der Waals surface area contributed by atoms with Gasteiger partial charge < -0.3 is 14.8 Å². The Hall–Kier alpha value is -1.84. The van der Waals surface area contributed by atoms with Gasteiger partial charge in [-0.25, -0.2) is 4.79 Å². The van der Waals surface area contributed by atoms with Crippen LogP contribution < -0.4 is 0 Å². The van der Waals surface area contributed by atoms with Gasteiger partial charge in [-0.1, -0.05) is 44.2 Å². The number of carbonyl (C=O) groups excluding carboxylic acids is 1. The number of benzene rings is 1. The van der Waals surface area contributed by atoms with Crippen molar-refractivity contribution in [3.05, 3.63) is 35.9 Å². The molecule has 0 aliphatic heterocycles. The SMILES string of the molecule is CC(C)[C@@H](CC=O)N(Cc1ccccc1)C(=O)O. The van der Waals surface area contributed by atoms with Gasteiger partial charge in [-0.15, -0.1) is 0 Å². The van der Waals surface area contributed by atoms with Crippen LogP contribution in [0.2, 0.25) is 0 Å². The second-order valence-corrected chi connectivity index (χ2v) is 4.61. The fourth-order valence-corrected chi connectivity index (χ4v) is 1.96. The Labute approximate surface area is 107 Å². The Kier molecular flexibility index (Phi) is 5.36. The number of carboxylic acid groups (broad SMARTS) is 1. The van der Waals surface area contributed by atoms with Gasteiger partial charge >= 0.3 is 6.09 Å². The van der Waals surface area contributed by atoms with Gasteiger partial charge in [0, 0.05) is 19.0 Å². The van der Waals surface area contributed by atoms with Crippen molar-refractivity contribution in [2.45, 2.75) is 32.9 Å². The van der Waals surface area contributed by atoms with Crippen LogP contribution in [0.4, 0.5) is 4.79 Å². The molecule has 0 bridgehead atoms. The van der Waals surface area contributed by atoms with Crippen molar-refractivity contribution in [1.82, 2.24) is 4.90 Å². The summed E-state index contributed by atoms with van der Waals surface area (Å²) in [6, 6.07) is 9.13. The lowest BCUT2D eigenvalue weighted by Gasteiger charge is -2.31. The van der Waals surface area contributed by atoms with Gasteiger partial charge in [0.2, 0.25) is 0 Å². The zero-order valence-electron chi connectivity index (χ0n) is 10.7. The summed E-state index contributed by atoms with van der Waals surface area (Å²) in [5, 5.41) is 9.29. The standard InChI is InChI=1S/C14H19NO3/c1-11(2)13(8-9-16)15(14(17)18)10-12-6-4-3-5-7-12/h3-7,9,11,13H,8,10H2,1-2H3,(H,17,18)/t13-/m1/s1. The topological polar surface area (TPSA) is 57.6 Å². The van der Waals surface area contributed by atoms with Crippen LogP contribution in [0.15, 0.2) is 30.3 Å². The quantitative estimate of drug-likeness (QED) is 0.789. The zero-order chi connectivity index (χ0) is 13.5. The largest absolute Gasteiger partial charge is 0.465 e. The van der Waals surface area contributed by atoms with E-state index in [0.717, 1.165) is 11.8 Å². The second kappa shape index (κ2) is 6.79. The van der Waals surface area contributed by atoms with Crippen molar-refractivity contribution in [3.63, 3.8) is 0 Å². The van der Waals surface area contributed by atoms with Crippen LogP contribution >= 0.6 is 0 Å². The Morgan fingerprint density at radius 1 is 1.33 bits per heavy atom. The highest BCUT2D eigenvalue weighted by Gasteiger charge is 2.25. The monoisotopic (exact) mass is 249 g/mol. The van der Waals surface area contributed by atoms with E-state index in [2.05, 4.69) is 0 Å². The van der Waals surface area contributed by atoms with Crippen molar-refractivity contribution in [3.8, 4) is 0 Å². The molecule has 1 N–H and O–H groups in total. The summed E-state index contributed by atoms with van der Waals surface area (Å²) < 4.78 is 0. The second-order valence-electron chi connectivity index (χ2n) is 4.61. The lowest BCUT2D eigenvalue weighted by Crippen LogP contribution is -2.42. The minimum absolute atomic E-state index is 0.106. The van der Waals surface area contributed by atoms with E-state index in [1.807, 2.05) is 44.2 Å². The fourth-order valence-electron chi connectivity index (χ4n) is 1.96. The molecule has 0 spiro atoms. The summed E-state index contributed by atoms with van der Waals surface area (Å²) in [7, 11) is 0. The summed E-state index contributed by atoms with van der Waals surface area (Å²) in [6.45, 7) is 4.16. The van der Waals surface area contributed by atoms with E-state index < -0.39 is 6.09 Å². The summed E-state index contributed by atoms with van der Waals surface area (Å²) >= 11 is 0. The molecule has 1 amide bonds. The van der Waals surface area contributed by atoms with Crippen LogP contribution in [0.25, 0.3) is 0 Å². The maximum absolute atomic E-state index is 11.3. The van der Waals surface area contributed by atoms with Gasteiger partial charge in [0.15, 0.2) is 0 Å². The van der Waals surface area contributed by atoms with Gasteiger partial charge in [0.1, 0.15) is 6.29 Å². The predicted octanol–water partition coefficient (Wildman–Crippen LogP) is 2.78. The maximum atomic E-state index is 11.3. The number of hydrogen-bond acceptors (Lipinski definition) is 2. The van der Waals surface area contributed by atoms with Gasteiger partial charge in [-0.05, 0) is 11.5 Å². The summed E-state index contributed by atoms with van der Waals surface area (Å²) in [5.41, 5.74) is 0.927. The molecule has 1 rings (SSSR count). The van der Waals surface area contributed by atoms with Crippen molar-refractivity contribution in [1.29, 1.82) is 0 Å². The average molecular weight is 249 g/mol. The molecule has 0 unspecified atom stereocenters. The molecule has 1 atom stereocenters. The van der Waals surface area contributed by atoms with E-state index in [0.29, 0.717) is 6.54 Å². The third-order valence-electron chi connectivity index (χ3n) is 2.95. The smallest absolute Gasteiger partial charge is 0.407 e. The van der Waals surface area contributed by atoms with E-state index >= 15 is 0 Å². The predicted molar refractivity (Wildman–Crippen MR) is 69.3 cm³/mol. The van der Waals surface area contributed by atoms with Crippen LogP contribution in [-0.4, -0.2) is 28.4 Å². The molecule has 0 fully saturated rings. The Morgan fingerprint density at radius 2 is 1.94 bits per heavy atom. The minimum Gasteiger partial charge on any atom is -0.465 e. The molecule has 0 saturated carbocycles. The minimum atomic E-state index is -0.987. The van der Waals surface area contributed by atoms with Gasteiger partial charge in [-0.3, -0.25) is 0 Å². The molecular formula is C14H19NO3. The number of rotatable bonds is 6. The van der Waals surface area contributed by atoms with Crippen molar-refractivity contribution in [2.24, 2.45) is 5.92 Å². The number of nitrogens with zero attached hydrogens (tertiary/aromatic N) is 1. The molecule has 0 saturated heterocycles. The number of carbonyl (C=O) groups is 2. The Morgan fingerprint density at radius 3 is 2.39 bits per heavy atom. The highest BCUT2D eigenvalue weighted by molar-refractivity contribution is 5.66. The van der Waals surface area contributed by atoms with Gasteiger partial charge in [-0.2, -0.15) is 0 Å². The van der Waals surface area contributed by atoms with E-state index in [4.69, 9.17) is 0 Å². The van der Waals surface area contributed by atoms with E-state index in [9.17, 15) is 14.7 Å². The summed E-state index contributed by atoms with van der Waals surface area (Å²) in [5.74, 6) is 0.106. The number of amides is 1. The van der Waals surface area contributed by atoms with Crippen LogP contribution in [-0.2, 0) is 11.3 Å². The first-order valence-electron chi connectivity index (χ1n) is 6.03. The normalized spacial score (nSPS) is 12.2. The first kappa shape index (κ1) is 14.2. The molecule has 4 nitrogen and oxygen atoms in total. The summed E-state index contributed by atoms with van der Waals surface area (Å²) in [4.78, 5) is 23.4. The van der Waals surface area contributed by atoms with Crippen molar-refractivity contribution >= 4 is 12.4 Å². The molecule has 18 heavy (non-hydrogen) atoms. The number of hydrogen-bond donors (Lipinski definition) is 1. The Balaban J connectivity index is 2.87. The average Bonchev–Trinajstić information content (AvgIpc) is 2.34. The van der Waals surface area contributed by atoms with E-state index in [-0.39, 0.29) is 18.4 Å². The molecule has 4 heteroatoms. The third-order valence-corrected chi connectivity index (χ3v) is 2.95. The molecule has 1 aromatic carbocycles. The van der Waals surface area contributed by atoms with Crippen LogP contribution in [0.3, 0.4) is 0 Å². The maximum Gasteiger partial charge on any atom is 0.407 e. The third kappa shape index (κ3) is 3.87. The molecule has 0 radical (unpaired) electrons. The highest BCUT2D eigenvalue weighted by Crippen LogP contribution is 2.17. The highest BCUT2D eigenvalue weighted by atomic mass is 16.4.